The maximum Gasteiger partial charge on any atom is 0.337 e. The van der Waals surface area contributed by atoms with Gasteiger partial charge in [0.1, 0.15) is 12.9 Å². The van der Waals surface area contributed by atoms with E-state index in [1.807, 2.05) is 6.92 Å². The number of methoxy groups -OCH3 is 1. The van der Waals surface area contributed by atoms with E-state index in [1.165, 1.54) is 7.11 Å². The summed E-state index contributed by atoms with van der Waals surface area (Å²) in [6.45, 7) is 2.66. The molecule has 0 saturated heterocycles. The second-order valence-corrected chi connectivity index (χ2v) is 4.73. The highest BCUT2D eigenvalue weighted by molar-refractivity contribution is 5.89. The molecule has 0 amide bonds. The van der Waals surface area contributed by atoms with Crippen LogP contribution in [0.2, 0.25) is 0 Å². The van der Waals surface area contributed by atoms with Gasteiger partial charge in [-0.15, -0.1) is 0 Å². The first-order valence-electron chi connectivity index (χ1n) is 7.20. The molecule has 0 fully saturated rings. The van der Waals surface area contributed by atoms with Crippen LogP contribution in [0.25, 0.3) is 0 Å². The molecule has 0 aromatic heterocycles. The quantitative estimate of drug-likeness (QED) is 0.580. The minimum Gasteiger partial charge on any atom is -0.490 e. The Morgan fingerprint density at radius 3 is 2.39 bits per heavy atom. The van der Waals surface area contributed by atoms with Crippen molar-refractivity contribution in [3.8, 4) is 11.5 Å². The van der Waals surface area contributed by atoms with E-state index in [-0.39, 0.29) is 5.97 Å². The molecule has 0 unspecified atom stereocenters. The van der Waals surface area contributed by atoms with Gasteiger partial charge in [-0.1, -0.05) is 12.1 Å². The summed E-state index contributed by atoms with van der Waals surface area (Å²) in [5, 5.41) is 0. The lowest BCUT2D eigenvalue weighted by Crippen LogP contribution is -2.03. The van der Waals surface area contributed by atoms with Gasteiger partial charge in [-0.05, 0) is 42.8 Å². The van der Waals surface area contributed by atoms with Crippen LogP contribution in [0, 0.1) is 0 Å². The number of aldehydes is 1. The molecule has 0 atom stereocenters. The topological polar surface area (TPSA) is 61.8 Å². The van der Waals surface area contributed by atoms with Crippen molar-refractivity contribution in [2.24, 2.45) is 0 Å². The number of carbonyl (C=O) groups excluding carboxylic acids is 2. The smallest absolute Gasteiger partial charge is 0.337 e. The first-order chi connectivity index (χ1) is 11.2. The molecule has 2 rings (SSSR count). The minimum absolute atomic E-state index is 0.321. The molecule has 0 saturated carbocycles. The zero-order chi connectivity index (χ0) is 16.7. The highest BCUT2D eigenvalue weighted by atomic mass is 16.5. The third-order valence-corrected chi connectivity index (χ3v) is 3.17. The predicted octanol–water partition coefficient (Wildman–Crippen LogP) is 3.26. The number of esters is 1. The van der Waals surface area contributed by atoms with E-state index >= 15 is 0 Å². The summed E-state index contributed by atoms with van der Waals surface area (Å²) in [4.78, 5) is 22.2. The summed E-state index contributed by atoms with van der Waals surface area (Å²) in [5.41, 5.74) is 1.92. The number of carbonyl (C=O) groups is 2. The van der Waals surface area contributed by atoms with Crippen molar-refractivity contribution in [2.45, 2.75) is 13.5 Å². The summed E-state index contributed by atoms with van der Waals surface area (Å²) < 4.78 is 15.9. The average molecular weight is 314 g/mol. The Labute approximate surface area is 134 Å². The fraction of sp³-hybridized carbons (Fsp3) is 0.222. The van der Waals surface area contributed by atoms with E-state index in [0.717, 1.165) is 11.8 Å². The van der Waals surface area contributed by atoms with Gasteiger partial charge in [0, 0.05) is 5.56 Å². The van der Waals surface area contributed by atoms with Gasteiger partial charge in [-0.3, -0.25) is 4.79 Å². The van der Waals surface area contributed by atoms with Crippen molar-refractivity contribution in [3.05, 3.63) is 59.2 Å². The van der Waals surface area contributed by atoms with Crippen molar-refractivity contribution >= 4 is 12.3 Å². The molecule has 0 heterocycles. The molecular formula is C18H18O5. The molecule has 2 aromatic rings. The van der Waals surface area contributed by atoms with Gasteiger partial charge in [0.05, 0.1) is 19.3 Å². The third kappa shape index (κ3) is 4.32. The third-order valence-electron chi connectivity index (χ3n) is 3.17. The van der Waals surface area contributed by atoms with Gasteiger partial charge in [0.2, 0.25) is 0 Å². The van der Waals surface area contributed by atoms with E-state index in [9.17, 15) is 9.59 Å². The summed E-state index contributed by atoms with van der Waals surface area (Å²) in [5.74, 6) is 0.721. The van der Waals surface area contributed by atoms with E-state index in [4.69, 9.17) is 9.47 Å². The molecule has 120 valence electrons. The van der Waals surface area contributed by atoms with Crippen LogP contribution in [0.4, 0.5) is 0 Å². The Morgan fingerprint density at radius 1 is 1.04 bits per heavy atom. The van der Waals surface area contributed by atoms with Crippen molar-refractivity contribution in [3.63, 3.8) is 0 Å². The molecule has 0 aliphatic heterocycles. The van der Waals surface area contributed by atoms with Crippen LogP contribution >= 0.6 is 0 Å². The van der Waals surface area contributed by atoms with Crippen LogP contribution in [0.5, 0.6) is 11.5 Å². The highest BCUT2D eigenvalue weighted by Crippen LogP contribution is 2.28. The molecule has 0 radical (unpaired) electrons. The van der Waals surface area contributed by atoms with Gasteiger partial charge in [0.25, 0.3) is 0 Å². The van der Waals surface area contributed by atoms with Crippen LogP contribution < -0.4 is 9.47 Å². The molecule has 0 aliphatic rings. The lowest BCUT2D eigenvalue weighted by atomic mass is 10.1. The maximum atomic E-state index is 11.4. The zero-order valence-corrected chi connectivity index (χ0v) is 13.1. The van der Waals surface area contributed by atoms with Crippen LogP contribution in [0.3, 0.4) is 0 Å². The molecule has 0 N–H and O–H groups in total. The fourth-order valence-corrected chi connectivity index (χ4v) is 2.00. The number of benzene rings is 2. The van der Waals surface area contributed by atoms with Crippen molar-refractivity contribution in [1.82, 2.24) is 0 Å². The molecule has 0 aliphatic carbocycles. The number of hydrogen-bond acceptors (Lipinski definition) is 5. The summed E-state index contributed by atoms with van der Waals surface area (Å²) >= 11 is 0. The first kappa shape index (κ1) is 16.5. The molecule has 0 spiro atoms. The number of rotatable bonds is 7. The summed E-state index contributed by atoms with van der Waals surface area (Å²) in [6, 6.07) is 12.0. The standard InChI is InChI=1S/C18H18O5/c1-3-22-17-10-14(11-19)6-9-16(17)23-12-13-4-7-15(8-5-13)18(20)21-2/h4-11H,3,12H2,1-2H3. The Bertz CT molecular complexity index is 676. The molecule has 5 nitrogen and oxygen atoms in total. The minimum atomic E-state index is -0.374. The van der Waals surface area contributed by atoms with Crippen molar-refractivity contribution in [1.29, 1.82) is 0 Å². The average Bonchev–Trinajstić information content (AvgIpc) is 2.60. The second kappa shape index (κ2) is 7.98. The van der Waals surface area contributed by atoms with Crippen molar-refractivity contribution in [2.75, 3.05) is 13.7 Å². The number of ether oxygens (including phenoxy) is 3. The summed E-state index contributed by atoms with van der Waals surface area (Å²) in [7, 11) is 1.34. The van der Waals surface area contributed by atoms with Crippen molar-refractivity contribution < 1.29 is 23.8 Å². The largest absolute Gasteiger partial charge is 0.490 e. The van der Waals surface area contributed by atoms with Crippen LogP contribution in [0.15, 0.2) is 42.5 Å². The Balaban J connectivity index is 2.08. The Kier molecular flexibility index (Phi) is 5.74. The second-order valence-electron chi connectivity index (χ2n) is 4.73. The maximum absolute atomic E-state index is 11.4. The monoisotopic (exact) mass is 314 g/mol. The highest BCUT2D eigenvalue weighted by Gasteiger charge is 2.08. The molecule has 0 bridgehead atoms. The Hall–Kier alpha value is -2.82. The van der Waals surface area contributed by atoms with Crippen LogP contribution in [-0.4, -0.2) is 26.0 Å². The molecule has 5 heteroatoms. The molecular weight excluding hydrogens is 296 g/mol. The molecule has 23 heavy (non-hydrogen) atoms. The lowest BCUT2D eigenvalue weighted by molar-refractivity contribution is 0.0600. The van der Waals surface area contributed by atoms with Crippen LogP contribution in [-0.2, 0) is 11.3 Å². The molecule has 2 aromatic carbocycles. The van der Waals surface area contributed by atoms with Gasteiger partial charge >= 0.3 is 5.97 Å². The Morgan fingerprint density at radius 2 is 1.78 bits per heavy atom. The van der Waals surface area contributed by atoms with E-state index < -0.39 is 0 Å². The van der Waals surface area contributed by atoms with E-state index in [1.54, 1.807) is 42.5 Å². The zero-order valence-electron chi connectivity index (χ0n) is 13.1. The summed E-state index contributed by atoms with van der Waals surface area (Å²) in [6.07, 6.45) is 0.762. The van der Waals surface area contributed by atoms with Gasteiger partial charge in [-0.25, -0.2) is 4.79 Å². The van der Waals surface area contributed by atoms with E-state index in [2.05, 4.69) is 4.74 Å². The van der Waals surface area contributed by atoms with Gasteiger partial charge in [0.15, 0.2) is 11.5 Å². The first-order valence-corrected chi connectivity index (χ1v) is 7.20. The fourth-order valence-electron chi connectivity index (χ4n) is 2.00. The van der Waals surface area contributed by atoms with Gasteiger partial charge in [-0.2, -0.15) is 0 Å². The normalized spacial score (nSPS) is 10.0. The van der Waals surface area contributed by atoms with Crippen LogP contribution in [0.1, 0.15) is 33.2 Å². The SMILES string of the molecule is CCOc1cc(C=O)ccc1OCc1ccc(C(=O)OC)cc1. The van der Waals surface area contributed by atoms with E-state index in [0.29, 0.717) is 35.8 Å². The predicted molar refractivity (Wildman–Crippen MR) is 85.1 cm³/mol. The van der Waals surface area contributed by atoms with Gasteiger partial charge < -0.3 is 14.2 Å². The lowest BCUT2D eigenvalue weighted by Gasteiger charge is -2.12. The number of hydrogen-bond donors (Lipinski definition) is 0.